The summed E-state index contributed by atoms with van der Waals surface area (Å²) < 4.78 is 5.68. The van der Waals surface area contributed by atoms with Crippen LogP contribution in [0.15, 0.2) is 54.1 Å². The maximum absolute atomic E-state index is 5.68. The van der Waals surface area contributed by atoms with E-state index in [1.165, 1.54) is 36.8 Å². The monoisotopic (exact) mass is 328 g/mol. The van der Waals surface area contributed by atoms with Gasteiger partial charge in [-0.2, -0.15) is 0 Å². The van der Waals surface area contributed by atoms with Crippen molar-refractivity contribution in [2.45, 2.75) is 38.6 Å². The molecule has 24 heavy (non-hydrogen) atoms. The lowest BCUT2D eigenvalue weighted by Crippen LogP contribution is -2.22. The first-order valence-electron chi connectivity index (χ1n) is 9.33. The van der Waals surface area contributed by atoms with E-state index < -0.39 is 0 Å². The van der Waals surface area contributed by atoms with Crippen molar-refractivity contribution in [3.63, 3.8) is 0 Å². The summed E-state index contributed by atoms with van der Waals surface area (Å²) in [6.07, 6.45) is 12.6. The van der Waals surface area contributed by atoms with E-state index in [1.54, 1.807) is 0 Å². The molecule has 3 heteroatoms. The summed E-state index contributed by atoms with van der Waals surface area (Å²) in [4.78, 5) is 0. The van der Waals surface area contributed by atoms with E-state index >= 15 is 0 Å². The van der Waals surface area contributed by atoms with Crippen LogP contribution >= 0.6 is 0 Å². The SMILES string of the molecule is C1=CCCC(CNCCOCCCCCNCc2ccccc2)=C1. The van der Waals surface area contributed by atoms with Gasteiger partial charge in [0.15, 0.2) is 0 Å². The second-order valence-corrected chi connectivity index (χ2v) is 6.30. The third kappa shape index (κ3) is 9.02. The number of rotatable bonds is 13. The van der Waals surface area contributed by atoms with Crippen LogP contribution in [-0.2, 0) is 11.3 Å². The Morgan fingerprint density at radius 1 is 0.875 bits per heavy atom. The van der Waals surface area contributed by atoms with Gasteiger partial charge < -0.3 is 15.4 Å². The molecule has 1 aromatic carbocycles. The largest absolute Gasteiger partial charge is 0.380 e. The van der Waals surface area contributed by atoms with Crippen molar-refractivity contribution >= 4 is 0 Å². The summed E-state index contributed by atoms with van der Waals surface area (Å²) >= 11 is 0. The zero-order valence-electron chi connectivity index (χ0n) is 14.8. The van der Waals surface area contributed by atoms with Crippen molar-refractivity contribution in [2.75, 3.05) is 32.8 Å². The molecule has 0 saturated carbocycles. The van der Waals surface area contributed by atoms with Crippen LogP contribution in [0.1, 0.15) is 37.7 Å². The molecule has 0 aromatic heterocycles. The number of hydrogen-bond donors (Lipinski definition) is 2. The van der Waals surface area contributed by atoms with Crippen LogP contribution < -0.4 is 10.6 Å². The van der Waals surface area contributed by atoms with Crippen LogP contribution in [0.5, 0.6) is 0 Å². The normalized spacial score (nSPS) is 13.9. The smallest absolute Gasteiger partial charge is 0.0591 e. The van der Waals surface area contributed by atoms with Crippen molar-refractivity contribution in [3.05, 3.63) is 59.7 Å². The van der Waals surface area contributed by atoms with Crippen LogP contribution in [0.3, 0.4) is 0 Å². The minimum Gasteiger partial charge on any atom is -0.380 e. The van der Waals surface area contributed by atoms with Crippen molar-refractivity contribution in [1.29, 1.82) is 0 Å². The van der Waals surface area contributed by atoms with Gasteiger partial charge in [-0.15, -0.1) is 0 Å². The molecule has 0 aliphatic heterocycles. The van der Waals surface area contributed by atoms with E-state index in [4.69, 9.17) is 4.74 Å². The molecule has 132 valence electrons. The average Bonchev–Trinajstić information content (AvgIpc) is 2.64. The van der Waals surface area contributed by atoms with Crippen LogP contribution in [0.25, 0.3) is 0 Å². The molecule has 0 radical (unpaired) electrons. The molecule has 1 aliphatic carbocycles. The Balaban J connectivity index is 1.31. The first-order valence-corrected chi connectivity index (χ1v) is 9.33. The second kappa shape index (κ2) is 12.9. The summed E-state index contributed by atoms with van der Waals surface area (Å²) in [5.74, 6) is 0. The molecule has 0 atom stereocenters. The van der Waals surface area contributed by atoms with E-state index in [0.717, 1.165) is 45.8 Å². The maximum Gasteiger partial charge on any atom is 0.0591 e. The lowest BCUT2D eigenvalue weighted by atomic mass is 10.1. The number of hydrogen-bond acceptors (Lipinski definition) is 3. The Hall–Kier alpha value is -1.42. The fraction of sp³-hybridized carbons (Fsp3) is 0.524. The summed E-state index contributed by atoms with van der Waals surface area (Å²) in [6.45, 7) is 5.69. The van der Waals surface area contributed by atoms with Gasteiger partial charge in [-0.3, -0.25) is 0 Å². The molecule has 0 bridgehead atoms. The first-order chi connectivity index (χ1) is 11.9. The number of nitrogens with one attached hydrogen (secondary N) is 2. The van der Waals surface area contributed by atoms with E-state index in [0.29, 0.717) is 0 Å². The minimum absolute atomic E-state index is 0.815. The highest BCUT2D eigenvalue weighted by Gasteiger charge is 1.98. The summed E-state index contributed by atoms with van der Waals surface area (Å²) in [5, 5.41) is 6.94. The third-order valence-electron chi connectivity index (χ3n) is 4.19. The standard InChI is InChI=1S/C21H32N2O/c1-4-10-20(11-5-1)18-22-14-8-3-9-16-24-17-15-23-19-21-12-6-2-7-13-21/h1-2,4-6,10-12,22-23H,3,7-9,13-19H2. The topological polar surface area (TPSA) is 33.3 Å². The Labute approximate surface area is 147 Å². The lowest BCUT2D eigenvalue weighted by molar-refractivity contribution is 0.132. The van der Waals surface area contributed by atoms with Gasteiger partial charge >= 0.3 is 0 Å². The molecule has 2 rings (SSSR count). The third-order valence-corrected chi connectivity index (χ3v) is 4.19. The quantitative estimate of drug-likeness (QED) is 0.540. The Morgan fingerprint density at radius 3 is 2.58 bits per heavy atom. The molecule has 0 spiro atoms. The molecular formula is C21H32N2O. The second-order valence-electron chi connectivity index (χ2n) is 6.30. The molecule has 0 amide bonds. The fourth-order valence-corrected chi connectivity index (χ4v) is 2.75. The summed E-state index contributed by atoms with van der Waals surface area (Å²) in [6, 6.07) is 10.6. The van der Waals surface area contributed by atoms with Crippen LogP contribution in [0.4, 0.5) is 0 Å². The molecule has 2 N–H and O–H groups in total. The highest BCUT2D eigenvalue weighted by Crippen LogP contribution is 2.09. The highest BCUT2D eigenvalue weighted by molar-refractivity contribution is 5.18. The van der Waals surface area contributed by atoms with E-state index in [2.05, 4.69) is 59.2 Å². The molecule has 0 fully saturated rings. The molecule has 3 nitrogen and oxygen atoms in total. The van der Waals surface area contributed by atoms with Crippen molar-refractivity contribution in [1.82, 2.24) is 10.6 Å². The van der Waals surface area contributed by atoms with Gasteiger partial charge in [0.05, 0.1) is 6.61 Å². The highest BCUT2D eigenvalue weighted by atomic mass is 16.5. The number of benzene rings is 1. The van der Waals surface area contributed by atoms with Gasteiger partial charge in [-0.05, 0) is 44.2 Å². The fourth-order valence-electron chi connectivity index (χ4n) is 2.75. The molecular weight excluding hydrogens is 296 g/mol. The summed E-state index contributed by atoms with van der Waals surface area (Å²) in [5.41, 5.74) is 2.86. The molecule has 0 saturated heterocycles. The van der Waals surface area contributed by atoms with E-state index in [-0.39, 0.29) is 0 Å². The number of allylic oxidation sites excluding steroid dienone is 3. The summed E-state index contributed by atoms with van der Waals surface area (Å²) in [7, 11) is 0. The zero-order valence-corrected chi connectivity index (χ0v) is 14.8. The first kappa shape index (κ1) is 18.9. The van der Waals surface area contributed by atoms with Crippen LogP contribution in [0.2, 0.25) is 0 Å². The Kier molecular flexibility index (Phi) is 10.2. The zero-order chi connectivity index (χ0) is 16.7. The van der Waals surface area contributed by atoms with Crippen LogP contribution in [-0.4, -0.2) is 32.8 Å². The van der Waals surface area contributed by atoms with Gasteiger partial charge in [0.1, 0.15) is 0 Å². The minimum atomic E-state index is 0.815. The van der Waals surface area contributed by atoms with E-state index in [1.807, 2.05) is 0 Å². The van der Waals surface area contributed by atoms with Crippen molar-refractivity contribution < 1.29 is 4.74 Å². The van der Waals surface area contributed by atoms with Gasteiger partial charge in [0.25, 0.3) is 0 Å². The molecule has 1 aromatic rings. The Bertz CT molecular complexity index is 482. The predicted molar refractivity (Wildman–Crippen MR) is 102 cm³/mol. The van der Waals surface area contributed by atoms with Crippen molar-refractivity contribution in [2.24, 2.45) is 0 Å². The van der Waals surface area contributed by atoms with Gasteiger partial charge in [-0.25, -0.2) is 0 Å². The lowest BCUT2D eigenvalue weighted by Gasteiger charge is -2.10. The molecule has 0 heterocycles. The van der Waals surface area contributed by atoms with E-state index in [9.17, 15) is 0 Å². The van der Waals surface area contributed by atoms with Gasteiger partial charge in [0.2, 0.25) is 0 Å². The maximum atomic E-state index is 5.68. The average molecular weight is 328 g/mol. The number of unbranched alkanes of at least 4 members (excludes halogenated alkanes) is 2. The molecule has 0 unspecified atom stereocenters. The van der Waals surface area contributed by atoms with Gasteiger partial charge in [-0.1, -0.05) is 54.1 Å². The van der Waals surface area contributed by atoms with Gasteiger partial charge in [0, 0.05) is 26.2 Å². The van der Waals surface area contributed by atoms with Crippen molar-refractivity contribution in [3.8, 4) is 0 Å². The predicted octanol–water partition coefficient (Wildman–Crippen LogP) is 3.83. The number of ether oxygens (including phenoxy) is 1. The molecule has 1 aliphatic rings. The Morgan fingerprint density at radius 2 is 1.75 bits per heavy atom. The van der Waals surface area contributed by atoms with Crippen LogP contribution in [0, 0.1) is 0 Å².